The summed E-state index contributed by atoms with van der Waals surface area (Å²) in [6, 6.07) is 9.61. The molecule has 0 saturated carbocycles. The summed E-state index contributed by atoms with van der Waals surface area (Å²) < 4.78 is 1.69. The van der Waals surface area contributed by atoms with Gasteiger partial charge in [0.05, 0.1) is 16.8 Å². The number of para-hydroxylation sites is 1. The van der Waals surface area contributed by atoms with Gasteiger partial charge in [0, 0.05) is 24.3 Å². The molecule has 0 fully saturated rings. The first-order valence-electron chi connectivity index (χ1n) is 5.65. The molecule has 0 saturated heterocycles. The Morgan fingerprint density at radius 2 is 2.17 bits per heavy atom. The summed E-state index contributed by atoms with van der Waals surface area (Å²) in [4.78, 5) is 10.4. The first-order valence-corrected chi connectivity index (χ1v) is 5.65. The van der Waals surface area contributed by atoms with E-state index in [9.17, 15) is 10.1 Å². The summed E-state index contributed by atoms with van der Waals surface area (Å²) >= 11 is 0. The van der Waals surface area contributed by atoms with Crippen molar-refractivity contribution in [3.05, 3.63) is 64.1 Å². The monoisotopic (exact) mass is 243 g/mol. The first kappa shape index (κ1) is 12.0. The second-order valence-electron chi connectivity index (χ2n) is 3.80. The normalized spacial score (nSPS) is 11.5. The number of hydrogen-bond donors (Lipinski definition) is 0. The van der Waals surface area contributed by atoms with Crippen LogP contribution in [0.4, 0.5) is 0 Å². The van der Waals surface area contributed by atoms with E-state index in [1.807, 2.05) is 30.3 Å². The van der Waals surface area contributed by atoms with Crippen molar-refractivity contribution in [1.29, 1.82) is 0 Å². The van der Waals surface area contributed by atoms with Gasteiger partial charge in [-0.3, -0.25) is 10.1 Å². The third-order valence-corrected chi connectivity index (χ3v) is 2.55. The van der Waals surface area contributed by atoms with Crippen LogP contribution < -0.4 is 0 Å². The molecule has 92 valence electrons. The standard InChI is InChI=1S/C13H13N3O2/c1-2-12(16(17)18)8-11-9-14-15(10-11)13-6-4-3-5-7-13/h3-10H,2H2,1H3/b12-8+. The van der Waals surface area contributed by atoms with Crippen molar-refractivity contribution in [3.8, 4) is 5.69 Å². The van der Waals surface area contributed by atoms with Gasteiger partial charge in [0.25, 0.3) is 0 Å². The van der Waals surface area contributed by atoms with Crippen LogP contribution in [0.2, 0.25) is 0 Å². The highest BCUT2D eigenvalue weighted by Crippen LogP contribution is 2.12. The molecule has 1 aromatic heterocycles. The second kappa shape index (κ2) is 5.27. The minimum atomic E-state index is -0.361. The maximum absolute atomic E-state index is 10.7. The minimum Gasteiger partial charge on any atom is -0.259 e. The van der Waals surface area contributed by atoms with E-state index in [0.717, 1.165) is 11.3 Å². The topological polar surface area (TPSA) is 61.0 Å². The third kappa shape index (κ3) is 2.63. The van der Waals surface area contributed by atoms with E-state index in [0.29, 0.717) is 6.42 Å². The van der Waals surface area contributed by atoms with Crippen molar-refractivity contribution in [2.45, 2.75) is 13.3 Å². The van der Waals surface area contributed by atoms with Crippen LogP contribution in [0.3, 0.4) is 0 Å². The van der Waals surface area contributed by atoms with E-state index >= 15 is 0 Å². The largest absolute Gasteiger partial charge is 0.259 e. The fourth-order valence-corrected chi connectivity index (χ4v) is 1.61. The Morgan fingerprint density at radius 1 is 1.44 bits per heavy atom. The van der Waals surface area contributed by atoms with Gasteiger partial charge in [-0.05, 0) is 12.1 Å². The molecule has 2 rings (SSSR count). The Morgan fingerprint density at radius 3 is 2.78 bits per heavy atom. The molecule has 1 heterocycles. The van der Waals surface area contributed by atoms with Crippen molar-refractivity contribution in [3.63, 3.8) is 0 Å². The van der Waals surface area contributed by atoms with Crippen LogP contribution in [0.5, 0.6) is 0 Å². The number of allylic oxidation sites excluding steroid dienone is 1. The number of hydrogen-bond acceptors (Lipinski definition) is 3. The van der Waals surface area contributed by atoms with Gasteiger partial charge in [0.2, 0.25) is 5.70 Å². The van der Waals surface area contributed by atoms with E-state index in [-0.39, 0.29) is 10.6 Å². The molecule has 1 aromatic carbocycles. The summed E-state index contributed by atoms with van der Waals surface area (Å²) in [7, 11) is 0. The molecule has 0 bridgehead atoms. The molecule has 18 heavy (non-hydrogen) atoms. The fraction of sp³-hybridized carbons (Fsp3) is 0.154. The van der Waals surface area contributed by atoms with E-state index in [2.05, 4.69) is 5.10 Å². The average Bonchev–Trinajstić information content (AvgIpc) is 2.85. The summed E-state index contributed by atoms with van der Waals surface area (Å²) in [5.41, 5.74) is 1.84. The van der Waals surface area contributed by atoms with E-state index in [1.54, 1.807) is 30.1 Å². The van der Waals surface area contributed by atoms with Crippen LogP contribution in [0.15, 0.2) is 48.4 Å². The molecule has 5 heteroatoms. The molecule has 2 aromatic rings. The molecular formula is C13H13N3O2. The predicted octanol–water partition coefficient (Wildman–Crippen LogP) is 2.90. The Labute approximate surface area is 105 Å². The molecule has 0 radical (unpaired) electrons. The summed E-state index contributed by atoms with van der Waals surface area (Å²) in [6.45, 7) is 1.76. The third-order valence-electron chi connectivity index (χ3n) is 2.55. The maximum Gasteiger partial charge on any atom is 0.246 e. The van der Waals surface area contributed by atoms with E-state index in [4.69, 9.17) is 0 Å². The number of nitro groups is 1. The quantitative estimate of drug-likeness (QED) is 0.612. The van der Waals surface area contributed by atoms with Gasteiger partial charge in [-0.25, -0.2) is 4.68 Å². The molecule has 0 spiro atoms. The number of rotatable bonds is 4. The lowest BCUT2D eigenvalue weighted by Crippen LogP contribution is -1.96. The summed E-state index contributed by atoms with van der Waals surface area (Å²) in [5.74, 6) is 0. The highest BCUT2D eigenvalue weighted by molar-refractivity contribution is 5.49. The molecule has 0 unspecified atom stereocenters. The van der Waals surface area contributed by atoms with Gasteiger partial charge in [-0.2, -0.15) is 5.10 Å². The number of nitrogens with zero attached hydrogens (tertiary/aromatic N) is 3. The van der Waals surface area contributed by atoms with Crippen molar-refractivity contribution in [1.82, 2.24) is 9.78 Å². The fourth-order valence-electron chi connectivity index (χ4n) is 1.61. The van der Waals surface area contributed by atoms with E-state index < -0.39 is 0 Å². The lowest BCUT2D eigenvalue weighted by Gasteiger charge is -1.98. The zero-order chi connectivity index (χ0) is 13.0. The maximum atomic E-state index is 10.7. The van der Waals surface area contributed by atoms with Crippen LogP contribution >= 0.6 is 0 Å². The molecule has 0 aliphatic carbocycles. The average molecular weight is 243 g/mol. The van der Waals surface area contributed by atoms with Crippen LogP contribution in [0.25, 0.3) is 11.8 Å². The molecule has 0 N–H and O–H groups in total. The van der Waals surface area contributed by atoms with Gasteiger partial charge in [0.15, 0.2) is 0 Å². The van der Waals surface area contributed by atoms with Crippen molar-refractivity contribution in [2.75, 3.05) is 0 Å². The zero-order valence-electron chi connectivity index (χ0n) is 9.98. The smallest absolute Gasteiger partial charge is 0.246 e. The summed E-state index contributed by atoms with van der Waals surface area (Å²) in [5, 5.41) is 14.9. The molecule has 0 amide bonds. The Hall–Kier alpha value is -2.43. The molecule has 5 nitrogen and oxygen atoms in total. The Balaban J connectivity index is 2.29. The van der Waals surface area contributed by atoms with Gasteiger partial charge in [-0.1, -0.05) is 25.1 Å². The van der Waals surface area contributed by atoms with Crippen LogP contribution in [0, 0.1) is 10.1 Å². The number of aromatic nitrogens is 2. The summed E-state index contributed by atoms with van der Waals surface area (Å²) in [6.07, 6.45) is 5.33. The van der Waals surface area contributed by atoms with Crippen molar-refractivity contribution >= 4 is 6.08 Å². The number of benzene rings is 1. The van der Waals surface area contributed by atoms with Crippen LogP contribution in [-0.2, 0) is 0 Å². The van der Waals surface area contributed by atoms with Gasteiger partial charge in [0.1, 0.15) is 0 Å². The molecular weight excluding hydrogens is 230 g/mol. The molecule has 0 aliphatic heterocycles. The van der Waals surface area contributed by atoms with Gasteiger partial charge < -0.3 is 0 Å². The Bertz CT molecular complexity index is 573. The van der Waals surface area contributed by atoms with E-state index in [1.165, 1.54) is 0 Å². The minimum absolute atomic E-state index is 0.183. The Kier molecular flexibility index (Phi) is 3.52. The van der Waals surface area contributed by atoms with Crippen LogP contribution in [0.1, 0.15) is 18.9 Å². The van der Waals surface area contributed by atoms with Crippen molar-refractivity contribution < 1.29 is 4.92 Å². The highest BCUT2D eigenvalue weighted by atomic mass is 16.6. The molecule has 0 atom stereocenters. The lowest BCUT2D eigenvalue weighted by atomic mass is 10.2. The first-order chi connectivity index (χ1) is 8.70. The van der Waals surface area contributed by atoms with Crippen molar-refractivity contribution in [2.24, 2.45) is 0 Å². The van der Waals surface area contributed by atoms with Gasteiger partial charge in [-0.15, -0.1) is 0 Å². The van der Waals surface area contributed by atoms with Gasteiger partial charge >= 0.3 is 0 Å². The lowest BCUT2D eigenvalue weighted by molar-refractivity contribution is -0.425. The molecule has 0 aliphatic rings. The van der Waals surface area contributed by atoms with Crippen LogP contribution in [-0.4, -0.2) is 14.7 Å². The SMILES string of the molecule is CC/C(=C\c1cnn(-c2ccccc2)c1)[N+](=O)[O-]. The zero-order valence-corrected chi connectivity index (χ0v) is 9.98. The highest BCUT2D eigenvalue weighted by Gasteiger charge is 2.08. The second-order valence-corrected chi connectivity index (χ2v) is 3.80. The predicted molar refractivity (Wildman–Crippen MR) is 68.8 cm³/mol.